The molecule has 0 bridgehead atoms. The van der Waals surface area contributed by atoms with E-state index in [0.717, 1.165) is 71.0 Å². The standard InChI is InChI=1S/C30H29N2O.C13H24O2.Ir/c1-19(2)14-23-18-33-27-11-13-32-29(28(23)27)21-10-12-31-26(17-21)22-15-20-8-6-7-9-24(20)25(16-22)30(3,4)5;1-5-10(6-2)12(14)9-13(15)11(7-3)8-4;/h6-13,16-19H,14H2,1-5H3;9-11,14H,5-8H2,1-4H3;/q-1;;/b;12-9-;. The molecule has 0 spiro atoms. The molecule has 3 aromatic heterocycles. The van der Waals surface area contributed by atoms with Crippen molar-refractivity contribution in [2.24, 2.45) is 17.8 Å². The second-order valence-electron chi connectivity index (χ2n) is 14.2. The van der Waals surface area contributed by atoms with Gasteiger partial charge in [0.05, 0.1) is 17.7 Å². The van der Waals surface area contributed by atoms with Gasteiger partial charge in [-0.2, -0.15) is 0 Å². The van der Waals surface area contributed by atoms with E-state index in [1.807, 2.05) is 58.5 Å². The van der Waals surface area contributed by atoms with Crippen molar-refractivity contribution in [1.29, 1.82) is 0 Å². The molecule has 0 aliphatic heterocycles. The maximum absolute atomic E-state index is 11.7. The van der Waals surface area contributed by atoms with Crippen LogP contribution in [0.15, 0.2) is 83.4 Å². The molecule has 5 rings (SSSR count). The number of hydrogen-bond donors (Lipinski definition) is 1. The summed E-state index contributed by atoms with van der Waals surface area (Å²) in [5.41, 5.74) is 7.27. The molecule has 0 saturated heterocycles. The molecule has 263 valence electrons. The van der Waals surface area contributed by atoms with Gasteiger partial charge in [-0.1, -0.05) is 97.5 Å². The number of rotatable bonds is 11. The Morgan fingerprint density at radius 2 is 1.57 bits per heavy atom. The van der Waals surface area contributed by atoms with Crippen molar-refractivity contribution in [1.82, 2.24) is 9.97 Å². The number of furan rings is 1. The first-order chi connectivity index (χ1) is 22.9. The number of benzene rings is 2. The van der Waals surface area contributed by atoms with Gasteiger partial charge in [-0.05, 0) is 61.1 Å². The molecule has 5 aromatic rings. The van der Waals surface area contributed by atoms with E-state index in [4.69, 9.17) is 14.4 Å². The minimum atomic E-state index is 0. The van der Waals surface area contributed by atoms with Crippen LogP contribution >= 0.6 is 0 Å². The van der Waals surface area contributed by atoms with Gasteiger partial charge in [-0.25, -0.2) is 0 Å². The van der Waals surface area contributed by atoms with Crippen LogP contribution < -0.4 is 0 Å². The van der Waals surface area contributed by atoms with Crippen molar-refractivity contribution in [3.8, 4) is 22.5 Å². The van der Waals surface area contributed by atoms with Gasteiger partial charge in [0.2, 0.25) is 0 Å². The first kappa shape index (κ1) is 39.8. The summed E-state index contributed by atoms with van der Waals surface area (Å²) in [7, 11) is 0. The van der Waals surface area contributed by atoms with Crippen LogP contribution in [0, 0.1) is 23.8 Å². The summed E-state index contributed by atoms with van der Waals surface area (Å²) in [4.78, 5) is 21.2. The maximum Gasteiger partial charge on any atom is 0.162 e. The van der Waals surface area contributed by atoms with Crippen molar-refractivity contribution in [2.75, 3.05) is 0 Å². The molecule has 1 N–H and O–H groups in total. The molecule has 0 fully saturated rings. The first-order valence-electron chi connectivity index (χ1n) is 17.6. The van der Waals surface area contributed by atoms with E-state index in [9.17, 15) is 9.90 Å². The third kappa shape index (κ3) is 9.77. The molecule has 2 aromatic carbocycles. The Labute approximate surface area is 307 Å². The van der Waals surface area contributed by atoms with Crippen LogP contribution in [0.3, 0.4) is 0 Å². The predicted molar refractivity (Wildman–Crippen MR) is 200 cm³/mol. The fourth-order valence-corrected chi connectivity index (χ4v) is 6.35. The van der Waals surface area contributed by atoms with Crippen LogP contribution in [0.2, 0.25) is 0 Å². The summed E-state index contributed by atoms with van der Waals surface area (Å²) in [6, 6.07) is 20.4. The van der Waals surface area contributed by atoms with E-state index < -0.39 is 0 Å². The van der Waals surface area contributed by atoms with Crippen LogP contribution in [0.25, 0.3) is 44.3 Å². The summed E-state index contributed by atoms with van der Waals surface area (Å²) in [5, 5.41) is 13.2. The summed E-state index contributed by atoms with van der Waals surface area (Å²) in [6.45, 7) is 19.3. The van der Waals surface area contributed by atoms with Gasteiger partial charge in [-0.15, -0.1) is 29.1 Å². The third-order valence-electron chi connectivity index (χ3n) is 9.16. The number of ketones is 1. The molecule has 0 atom stereocenters. The van der Waals surface area contributed by atoms with E-state index in [1.165, 1.54) is 22.6 Å². The van der Waals surface area contributed by atoms with Gasteiger partial charge < -0.3 is 9.52 Å². The number of carbonyl (C=O) groups excluding carboxylic acids is 1. The Morgan fingerprint density at radius 1 is 0.918 bits per heavy atom. The Morgan fingerprint density at radius 3 is 2.20 bits per heavy atom. The van der Waals surface area contributed by atoms with Gasteiger partial charge in [0.25, 0.3) is 0 Å². The van der Waals surface area contributed by atoms with Gasteiger partial charge in [0.15, 0.2) is 5.78 Å². The van der Waals surface area contributed by atoms with Gasteiger partial charge in [0.1, 0.15) is 5.58 Å². The van der Waals surface area contributed by atoms with Crippen molar-refractivity contribution >= 4 is 27.5 Å². The second-order valence-corrected chi connectivity index (χ2v) is 14.2. The molecule has 0 aliphatic rings. The Hall–Kier alpha value is -3.60. The number of fused-ring (bicyclic) bond motifs is 2. The SMILES string of the molecule is CC(C)Cc1coc2ccnc(-c3ccnc(-c4[c-]c5ccccc5c(C(C)(C)C)c4)c3)c12.CCC(CC)C(=O)/C=C(\O)C(CC)CC.[Ir]. The Bertz CT molecular complexity index is 1860. The first-order valence-corrected chi connectivity index (χ1v) is 17.6. The minimum absolute atomic E-state index is 0. The fourth-order valence-electron chi connectivity index (χ4n) is 6.35. The van der Waals surface area contributed by atoms with E-state index in [1.54, 1.807) is 0 Å². The number of carbonyl (C=O) groups is 1. The van der Waals surface area contributed by atoms with Crippen LogP contribution in [-0.2, 0) is 36.7 Å². The predicted octanol–water partition coefficient (Wildman–Crippen LogP) is 11.9. The van der Waals surface area contributed by atoms with E-state index in [2.05, 4.69) is 77.1 Å². The zero-order valence-electron chi connectivity index (χ0n) is 30.7. The normalized spacial score (nSPS) is 12.0. The van der Waals surface area contributed by atoms with E-state index in [0.29, 0.717) is 5.92 Å². The molecule has 6 heteroatoms. The van der Waals surface area contributed by atoms with Crippen molar-refractivity contribution < 1.29 is 34.4 Å². The molecule has 3 heterocycles. The quantitative estimate of drug-likeness (QED) is 0.0815. The number of aliphatic hydroxyl groups excluding tert-OH is 1. The molecular formula is C43H53IrN2O3-. The molecule has 1 radical (unpaired) electrons. The van der Waals surface area contributed by atoms with Crippen LogP contribution in [0.1, 0.15) is 99.1 Å². The van der Waals surface area contributed by atoms with E-state index >= 15 is 0 Å². The van der Waals surface area contributed by atoms with Gasteiger partial charge in [0, 0.05) is 67.1 Å². The summed E-state index contributed by atoms with van der Waals surface area (Å²) >= 11 is 0. The zero-order valence-corrected chi connectivity index (χ0v) is 33.1. The molecule has 5 nitrogen and oxygen atoms in total. The molecule has 0 aliphatic carbocycles. The second kappa shape index (κ2) is 17.9. The Balaban J connectivity index is 0.000000347. The zero-order chi connectivity index (χ0) is 35.0. The average molecular weight is 838 g/mol. The van der Waals surface area contributed by atoms with Crippen molar-refractivity contribution in [3.05, 3.63) is 96.2 Å². The Kier molecular flexibility index (Phi) is 14.5. The monoisotopic (exact) mass is 838 g/mol. The van der Waals surface area contributed by atoms with Crippen molar-refractivity contribution in [2.45, 2.75) is 99.8 Å². The third-order valence-corrected chi connectivity index (χ3v) is 9.16. The number of aromatic nitrogens is 2. The van der Waals surface area contributed by atoms with Gasteiger partial charge in [-0.3, -0.25) is 14.8 Å². The number of hydrogen-bond acceptors (Lipinski definition) is 5. The smallest absolute Gasteiger partial charge is 0.162 e. The average Bonchev–Trinajstić information content (AvgIpc) is 3.47. The molecule has 0 amide bonds. The van der Waals surface area contributed by atoms with Crippen LogP contribution in [0.5, 0.6) is 0 Å². The number of aliphatic hydroxyl groups is 1. The van der Waals surface area contributed by atoms with Crippen molar-refractivity contribution in [3.63, 3.8) is 0 Å². The van der Waals surface area contributed by atoms with Gasteiger partial charge >= 0.3 is 0 Å². The molecule has 0 saturated carbocycles. The molecular weight excluding hydrogens is 785 g/mol. The largest absolute Gasteiger partial charge is 0.512 e. The molecule has 0 unspecified atom stereocenters. The summed E-state index contributed by atoms with van der Waals surface area (Å²) in [6.07, 6.45) is 11.4. The number of allylic oxidation sites excluding steroid dienone is 2. The molecule has 49 heavy (non-hydrogen) atoms. The number of nitrogens with zero attached hydrogens (tertiary/aromatic N) is 2. The summed E-state index contributed by atoms with van der Waals surface area (Å²) in [5.74, 6) is 1.08. The summed E-state index contributed by atoms with van der Waals surface area (Å²) < 4.78 is 5.87. The minimum Gasteiger partial charge on any atom is -0.512 e. The van der Waals surface area contributed by atoms with Crippen LogP contribution in [-0.4, -0.2) is 20.9 Å². The topological polar surface area (TPSA) is 76.2 Å². The number of pyridine rings is 2. The fraction of sp³-hybridized carbons (Fsp3) is 0.419. The van der Waals surface area contributed by atoms with E-state index in [-0.39, 0.29) is 48.9 Å². The maximum atomic E-state index is 11.7. The van der Waals surface area contributed by atoms with Crippen LogP contribution in [0.4, 0.5) is 0 Å².